The van der Waals surface area contributed by atoms with Crippen molar-refractivity contribution in [3.63, 3.8) is 0 Å². The van der Waals surface area contributed by atoms with Crippen molar-refractivity contribution in [3.05, 3.63) is 33.3 Å². The third kappa shape index (κ3) is 3.03. The SMILES string of the molecule is O=[N+]([O-])c1ccc(N2C[C@@H](O)[C@H](N3CCOCC3)C2)c(Cl)c1. The van der Waals surface area contributed by atoms with E-state index >= 15 is 0 Å². The number of nitro benzene ring substituents is 1. The zero-order valence-electron chi connectivity index (χ0n) is 12.0. The average Bonchev–Trinajstić information content (AvgIpc) is 2.89. The van der Waals surface area contributed by atoms with E-state index in [0.29, 0.717) is 31.3 Å². The molecular formula is C14H18ClN3O4. The van der Waals surface area contributed by atoms with Crippen molar-refractivity contribution in [2.45, 2.75) is 12.1 Å². The number of hydrogen-bond acceptors (Lipinski definition) is 6. The number of rotatable bonds is 3. The summed E-state index contributed by atoms with van der Waals surface area (Å²) in [6, 6.07) is 4.48. The van der Waals surface area contributed by atoms with Gasteiger partial charge in [-0.05, 0) is 6.07 Å². The fraction of sp³-hybridized carbons (Fsp3) is 0.571. The summed E-state index contributed by atoms with van der Waals surface area (Å²) in [6.07, 6.45) is -0.468. The molecule has 2 atom stereocenters. The molecule has 0 aliphatic carbocycles. The number of aliphatic hydroxyl groups excluding tert-OH is 1. The number of aliphatic hydroxyl groups is 1. The third-order valence-corrected chi connectivity index (χ3v) is 4.56. The van der Waals surface area contributed by atoms with Gasteiger partial charge in [0.15, 0.2) is 0 Å². The fourth-order valence-corrected chi connectivity index (χ4v) is 3.39. The van der Waals surface area contributed by atoms with Gasteiger partial charge in [0.05, 0.1) is 41.0 Å². The van der Waals surface area contributed by atoms with Crippen LogP contribution in [0.3, 0.4) is 0 Å². The molecule has 3 rings (SSSR count). The normalized spacial score (nSPS) is 26.4. The summed E-state index contributed by atoms with van der Waals surface area (Å²) in [5.74, 6) is 0. The lowest BCUT2D eigenvalue weighted by molar-refractivity contribution is -0.384. The zero-order valence-corrected chi connectivity index (χ0v) is 12.8. The Kier molecular flexibility index (Phi) is 4.49. The Balaban J connectivity index is 1.75. The molecular weight excluding hydrogens is 310 g/mol. The number of non-ortho nitro benzene ring substituents is 1. The van der Waals surface area contributed by atoms with Crippen molar-refractivity contribution < 1.29 is 14.8 Å². The first-order valence-electron chi connectivity index (χ1n) is 7.25. The van der Waals surface area contributed by atoms with Crippen molar-refractivity contribution in [2.75, 3.05) is 44.3 Å². The highest BCUT2D eigenvalue weighted by molar-refractivity contribution is 6.33. The number of nitrogens with zero attached hydrogens (tertiary/aromatic N) is 3. The van der Waals surface area contributed by atoms with E-state index in [1.807, 2.05) is 4.90 Å². The number of β-amino-alcohol motifs (C(OH)–C–C–N with tert-alkyl or cyclic N) is 1. The summed E-state index contributed by atoms with van der Waals surface area (Å²) in [6.45, 7) is 4.11. The number of hydrogen-bond donors (Lipinski definition) is 1. The van der Waals surface area contributed by atoms with Gasteiger partial charge in [-0.15, -0.1) is 0 Å². The Hall–Kier alpha value is -1.41. The van der Waals surface area contributed by atoms with E-state index in [1.165, 1.54) is 12.1 Å². The van der Waals surface area contributed by atoms with Crippen molar-refractivity contribution in [1.82, 2.24) is 4.90 Å². The molecule has 0 radical (unpaired) electrons. The molecule has 2 saturated heterocycles. The highest BCUT2D eigenvalue weighted by atomic mass is 35.5. The Morgan fingerprint density at radius 2 is 2.05 bits per heavy atom. The van der Waals surface area contributed by atoms with E-state index in [-0.39, 0.29) is 11.7 Å². The first kappa shape index (κ1) is 15.5. The van der Waals surface area contributed by atoms with Gasteiger partial charge in [0.1, 0.15) is 0 Å². The van der Waals surface area contributed by atoms with Gasteiger partial charge < -0.3 is 14.7 Å². The molecule has 0 unspecified atom stereocenters. The summed E-state index contributed by atoms with van der Waals surface area (Å²) in [5.41, 5.74) is 0.695. The van der Waals surface area contributed by atoms with Gasteiger partial charge in [0.25, 0.3) is 5.69 Å². The van der Waals surface area contributed by atoms with E-state index in [4.69, 9.17) is 16.3 Å². The smallest absolute Gasteiger partial charge is 0.271 e. The van der Waals surface area contributed by atoms with Crippen LogP contribution in [-0.4, -0.2) is 66.5 Å². The van der Waals surface area contributed by atoms with Crippen LogP contribution < -0.4 is 4.90 Å². The Bertz CT molecular complexity index is 565. The number of ether oxygens (including phenoxy) is 1. The molecule has 0 bridgehead atoms. The quantitative estimate of drug-likeness (QED) is 0.662. The van der Waals surface area contributed by atoms with Crippen molar-refractivity contribution in [3.8, 4) is 0 Å². The molecule has 8 heteroatoms. The Morgan fingerprint density at radius 3 is 2.68 bits per heavy atom. The van der Waals surface area contributed by atoms with E-state index in [1.54, 1.807) is 6.07 Å². The average molecular weight is 328 g/mol. The minimum atomic E-state index is -0.468. The molecule has 0 spiro atoms. The molecule has 0 amide bonds. The van der Waals surface area contributed by atoms with Crippen molar-refractivity contribution in [2.24, 2.45) is 0 Å². The van der Waals surface area contributed by atoms with Crippen LogP contribution in [0.1, 0.15) is 0 Å². The van der Waals surface area contributed by atoms with Crippen LogP contribution in [0, 0.1) is 10.1 Å². The topological polar surface area (TPSA) is 79.1 Å². The van der Waals surface area contributed by atoms with Crippen LogP contribution in [-0.2, 0) is 4.74 Å². The summed E-state index contributed by atoms with van der Waals surface area (Å²) in [7, 11) is 0. The van der Waals surface area contributed by atoms with Crippen LogP contribution in [0.2, 0.25) is 5.02 Å². The maximum atomic E-state index is 10.8. The Labute approximate surface area is 133 Å². The van der Waals surface area contributed by atoms with Gasteiger partial charge in [-0.1, -0.05) is 11.6 Å². The highest BCUT2D eigenvalue weighted by Crippen LogP contribution is 2.33. The molecule has 2 aliphatic rings. The summed E-state index contributed by atoms with van der Waals surface area (Å²) in [5, 5.41) is 21.4. The molecule has 1 N–H and O–H groups in total. The zero-order chi connectivity index (χ0) is 15.7. The maximum absolute atomic E-state index is 10.8. The van der Waals surface area contributed by atoms with Crippen LogP contribution in [0.25, 0.3) is 0 Å². The molecule has 7 nitrogen and oxygen atoms in total. The van der Waals surface area contributed by atoms with Gasteiger partial charge in [0, 0.05) is 38.3 Å². The molecule has 1 aromatic rings. The number of nitro groups is 1. The van der Waals surface area contributed by atoms with Gasteiger partial charge in [-0.3, -0.25) is 15.0 Å². The molecule has 2 fully saturated rings. The first-order valence-corrected chi connectivity index (χ1v) is 7.63. The predicted molar refractivity (Wildman–Crippen MR) is 82.5 cm³/mol. The molecule has 2 aliphatic heterocycles. The van der Waals surface area contributed by atoms with E-state index in [2.05, 4.69) is 4.90 Å². The molecule has 0 aromatic heterocycles. The standard InChI is InChI=1S/C14H18ClN3O4/c15-11-7-10(18(20)21)1-2-12(11)17-8-13(14(19)9-17)16-3-5-22-6-4-16/h1-2,7,13-14,19H,3-6,8-9H2/t13-,14-/m1/s1. The summed E-state index contributed by atoms with van der Waals surface area (Å²) >= 11 is 6.17. The van der Waals surface area contributed by atoms with Crippen LogP contribution in [0.15, 0.2) is 18.2 Å². The lowest BCUT2D eigenvalue weighted by Gasteiger charge is -2.33. The minimum Gasteiger partial charge on any atom is -0.390 e. The van der Waals surface area contributed by atoms with Gasteiger partial charge in [-0.2, -0.15) is 0 Å². The molecule has 2 heterocycles. The number of benzene rings is 1. The van der Waals surface area contributed by atoms with Crippen molar-refractivity contribution >= 4 is 23.0 Å². The maximum Gasteiger partial charge on any atom is 0.271 e. The number of morpholine rings is 1. The fourth-order valence-electron chi connectivity index (χ4n) is 3.10. The Morgan fingerprint density at radius 1 is 1.32 bits per heavy atom. The minimum absolute atomic E-state index is 0.0294. The van der Waals surface area contributed by atoms with Crippen LogP contribution in [0.4, 0.5) is 11.4 Å². The first-order chi connectivity index (χ1) is 10.6. The van der Waals surface area contributed by atoms with E-state index < -0.39 is 11.0 Å². The van der Waals surface area contributed by atoms with Crippen LogP contribution >= 0.6 is 11.6 Å². The predicted octanol–water partition coefficient (Wildman–Crippen LogP) is 1.13. The van der Waals surface area contributed by atoms with E-state index in [0.717, 1.165) is 18.8 Å². The van der Waals surface area contributed by atoms with Gasteiger partial charge in [0.2, 0.25) is 0 Å². The van der Waals surface area contributed by atoms with Gasteiger partial charge >= 0.3 is 0 Å². The molecule has 22 heavy (non-hydrogen) atoms. The van der Waals surface area contributed by atoms with Gasteiger partial charge in [-0.25, -0.2) is 0 Å². The second-order valence-electron chi connectivity index (χ2n) is 5.58. The summed E-state index contributed by atoms with van der Waals surface area (Å²) in [4.78, 5) is 14.5. The lowest BCUT2D eigenvalue weighted by Crippen LogP contribution is -2.48. The number of halogens is 1. The number of anilines is 1. The largest absolute Gasteiger partial charge is 0.390 e. The van der Waals surface area contributed by atoms with E-state index in [9.17, 15) is 15.2 Å². The van der Waals surface area contributed by atoms with Crippen molar-refractivity contribution in [1.29, 1.82) is 0 Å². The summed E-state index contributed by atoms with van der Waals surface area (Å²) < 4.78 is 5.34. The highest BCUT2D eigenvalue weighted by Gasteiger charge is 2.36. The molecule has 1 aromatic carbocycles. The monoisotopic (exact) mass is 327 g/mol. The second-order valence-corrected chi connectivity index (χ2v) is 5.99. The second kappa shape index (κ2) is 6.37. The third-order valence-electron chi connectivity index (χ3n) is 4.26. The molecule has 0 saturated carbocycles. The lowest BCUT2D eigenvalue weighted by atomic mass is 10.1. The van der Waals surface area contributed by atoms with Crippen LogP contribution in [0.5, 0.6) is 0 Å². The molecule has 120 valence electrons.